The summed E-state index contributed by atoms with van der Waals surface area (Å²) in [6.45, 7) is 4.10. The van der Waals surface area contributed by atoms with Crippen LogP contribution in [0.4, 0.5) is 0 Å². The summed E-state index contributed by atoms with van der Waals surface area (Å²) in [5.74, 6) is 1.53. The zero-order chi connectivity index (χ0) is 14.7. The van der Waals surface area contributed by atoms with E-state index in [2.05, 4.69) is 10.2 Å². The van der Waals surface area contributed by atoms with Crippen molar-refractivity contribution >= 4 is 0 Å². The lowest BCUT2D eigenvalue weighted by atomic mass is 10.1. The highest BCUT2D eigenvalue weighted by atomic mass is 16.5. The quantitative estimate of drug-likeness (QED) is 0.804. The molecule has 4 nitrogen and oxygen atoms in total. The van der Waals surface area contributed by atoms with E-state index in [9.17, 15) is 5.11 Å². The Bertz CT molecular complexity index is 462. The first-order valence-electron chi connectivity index (χ1n) is 8.03. The Morgan fingerprint density at radius 2 is 2.24 bits per heavy atom. The van der Waals surface area contributed by atoms with Gasteiger partial charge >= 0.3 is 0 Å². The number of rotatable bonds is 7. The average Bonchev–Trinajstić information content (AvgIpc) is 3.27. The number of benzene rings is 1. The maximum atomic E-state index is 10.2. The fourth-order valence-electron chi connectivity index (χ4n) is 3.19. The predicted octanol–water partition coefficient (Wildman–Crippen LogP) is 1.80. The van der Waals surface area contributed by atoms with Crippen LogP contribution in [-0.4, -0.2) is 49.3 Å². The molecule has 2 N–H and O–H groups in total. The van der Waals surface area contributed by atoms with E-state index in [1.807, 2.05) is 24.3 Å². The van der Waals surface area contributed by atoms with Gasteiger partial charge in [-0.05, 0) is 56.0 Å². The SMILES string of the molecule is COc1cccc(C(O)CNCC2CCN(C3CC3)C2)c1. The first-order valence-corrected chi connectivity index (χ1v) is 8.03. The van der Waals surface area contributed by atoms with Gasteiger partial charge < -0.3 is 20.1 Å². The number of ether oxygens (including phenoxy) is 1. The summed E-state index contributed by atoms with van der Waals surface area (Å²) in [7, 11) is 1.65. The zero-order valence-corrected chi connectivity index (χ0v) is 12.8. The molecule has 2 atom stereocenters. The highest BCUT2D eigenvalue weighted by Crippen LogP contribution is 2.31. The number of nitrogens with zero attached hydrogens (tertiary/aromatic N) is 1. The topological polar surface area (TPSA) is 44.7 Å². The van der Waals surface area contributed by atoms with Gasteiger partial charge in [0.15, 0.2) is 0 Å². The summed E-state index contributed by atoms with van der Waals surface area (Å²) in [6.07, 6.45) is 3.61. The number of aliphatic hydroxyl groups excluding tert-OH is 1. The van der Waals surface area contributed by atoms with Gasteiger partial charge in [-0.15, -0.1) is 0 Å². The molecule has 116 valence electrons. The first kappa shape index (κ1) is 14.8. The molecule has 21 heavy (non-hydrogen) atoms. The molecule has 2 fully saturated rings. The van der Waals surface area contributed by atoms with Crippen LogP contribution in [0.25, 0.3) is 0 Å². The smallest absolute Gasteiger partial charge is 0.119 e. The molecule has 1 saturated carbocycles. The molecule has 0 radical (unpaired) electrons. The molecular weight excluding hydrogens is 264 g/mol. The van der Waals surface area contributed by atoms with Crippen LogP contribution in [0.1, 0.15) is 30.9 Å². The number of nitrogens with one attached hydrogen (secondary N) is 1. The number of likely N-dealkylation sites (tertiary alicyclic amines) is 1. The van der Waals surface area contributed by atoms with Gasteiger partial charge in [-0.2, -0.15) is 0 Å². The standard InChI is InChI=1S/C17H26N2O2/c1-21-16-4-2-3-14(9-16)17(20)11-18-10-13-7-8-19(12-13)15-5-6-15/h2-4,9,13,15,17-18,20H,5-8,10-12H2,1H3. The van der Waals surface area contributed by atoms with Gasteiger partial charge in [-0.25, -0.2) is 0 Å². The van der Waals surface area contributed by atoms with E-state index < -0.39 is 6.10 Å². The van der Waals surface area contributed by atoms with Crippen LogP contribution in [0, 0.1) is 5.92 Å². The van der Waals surface area contributed by atoms with Gasteiger partial charge in [0, 0.05) is 19.1 Å². The molecule has 4 heteroatoms. The van der Waals surface area contributed by atoms with E-state index in [1.165, 1.54) is 32.4 Å². The molecule has 1 aliphatic carbocycles. The van der Waals surface area contributed by atoms with Crippen molar-refractivity contribution in [1.29, 1.82) is 0 Å². The van der Waals surface area contributed by atoms with Crippen LogP contribution < -0.4 is 10.1 Å². The Hall–Kier alpha value is -1.10. The molecule has 1 aromatic carbocycles. The Balaban J connectivity index is 1.40. The van der Waals surface area contributed by atoms with Gasteiger partial charge in [0.05, 0.1) is 13.2 Å². The van der Waals surface area contributed by atoms with Crippen molar-refractivity contribution in [2.75, 3.05) is 33.3 Å². The molecule has 1 saturated heterocycles. The maximum Gasteiger partial charge on any atom is 0.119 e. The largest absolute Gasteiger partial charge is 0.497 e. The van der Waals surface area contributed by atoms with Crippen molar-refractivity contribution in [1.82, 2.24) is 10.2 Å². The van der Waals surface area contributed by atoms with Gasteiger partial charge in [-0.3, -0.25) is 0 Å². The summed E-state index contributed by atoms with van der Waals surface area (Å²) in [5.41, 5.74) is 0.910. The fourth-order valence-corrected chi connectivity index (χ4v) is 3.19. The lowest BCUT2D eigenvalue weighted by Gasteiger charge is -2.17. The third-order valence-corrected chi connectivity index (χ3v) is 4.63. The highest BCUT2D eigenvalue weighted by Gasteiger charge is 2.34. The Morgan fingerprint density at radius 3 is 3.00 bits per heavy atom. The van der Waals surface area contributed by atoms with E-state index in [1.54, 1.807) is 7.11 Å². The van der Waals surface area contributed by atoms with E-state index in [0.717, 1.165) is 29.8 Å². The summed E-state index contributed by atoms with van der Waals surface area (Å²) >= 11 is 0. The minimum Gasteiger partial charge on any atom is -0.497 e. The monoisotopic (exact) mass is 290 g/mol. The van der Waals surface area contributed by atoms with E-state index in [4.69, 9.17) is 4.74 Å². The van der Waals surface area contributed by atoms with Crippen molar-refractivity contribution in [3.63, 3.8) is 0 Å². The summed E-state index contributed by atoms with van der Waals surface area (Å²) in [4.78, 5) is 2.63. The molecule has 2 unspecified atom stereocenters. The number of methoxy groups -OCH3 is 1. The van der Waals surface area contributed by atoms with E-state index in [0.29, 0.717) is 6.54 Å². The van der Waals surface area contributed by atoms with Gasteiger partial charge in [0.1, 0.15) is 5.75 Å². The van der Waals surface area contributed by atoms with Crippen LogP contribution >= 0.6 is 0 Å². The molecule has 1 aromatic rings. The van der Waals surface area contributed by atoms with Crippen molar-refractivity contribution in [2.24, 2.45) is 5.92 Å². The summed E-state index contributed by atoms with van der Waals surface area (Å²) in [5, 5.41) is 13.7. The summed E-state index contributed by atoms with van der Waals surface area (Å²) < 4.78 is 5.19. The van der Waals surface area contributed by atoms with Gasteiger partial charge in [-0.1, -0.05) is 12.1 Å². The lowest BCUT2D eigenvalue weighted by Crippen LogP contribution is -2.30. The predicted molar refractivity (Wildman–Crippen MR) is 83.5 cm³/mol. The van der Waals surface area contributed by atoms with E-state index >= 15 is 0 Å². The third kappa shape index (κ3) is 3.96. The molecule has 1 aliphatic heterocycles. The molecule has 1 heterocycles. The molecular formula is C17H26N2O2. The molecule has 0 amide bonds. The first-order chi connectivity index (χ1) is 10.3. The third-order valence-electron chi connectivity index (χ3n) is 4.63. The second kappa shape index (κ2) is 6.77. The molecule has 0 aromatic heterocycles. The summed E-state index contributed by atoms with van der Waals surface area (Å²) in [6, 6.07) is 8.55. The average molecular weight is 290 g/mol. The van der Waals surface area contributed by atoms with E-state index in [-0.39, 0.29) is 0 Å². The second-order valence-corrected chi connectivity index (χ2v) is 6.33. The lowest BCUT2D eigenvalue weighted by molar-refractivity contribution is 0.172. The molecule has 0 bridgehead atoms. The van der Waals surface area contributed by atoms with Crippen LogP contribution in [0.2, 0.25) is 0 Å². The Labute approximate surface area is 127 Å². The minimum absolute atomic E-state index is 0.471. The van der Waals surface area contributed by atoms with Gasteiger partial charge in [0.25, 0.3) is 0 Å². The van der Waals surface area contributed by atoms with Crippen molar-refractivity contribution in [2.45, 2.75) is 31.4 Å². The number of hydrogen-bond donors (Lipinski definition) is 2. The zero-order valence-electron chi connectivity index (χ0n) is 12.8. The minimum atomic E-state index is -0.471. The number of hydrogen-bond acceptors (Lipinski definition) is 4. The number of aliphatic hydroxyl groups is 1. The second-order valence-electron chi connectivity index (χ2n) is 6.33. The maximum absolute atomic E-state index is 10.2. The van der Waals surface area contributed by atoms with Crippen LogP contribution in [0.15, 0.2) is 24.3 Å². The molecule has 3 rings (SSSR count). The van der Waals surface area contributed by atoms with Crippen LogP contribution in [0.3, 0.4) is 0 Å². The highest BCUT2D eigenvalue weighted by molar-refractivity contribution is 5.29. The van der Waals surface area contributed by atoms with Crippen molar-refractivity contribution in [3.05, 3.63) is 29.8 Å². The van der Waals surface area contributed by atoms with Crippen molar-refractivity contribution < 1.29 is 9.84 Å². The normalized spacial score (nSPS) is 24.2. The van der Waals surface area contributed by atoms with Gasteiger partial charge in [0.2, 0.25) is 0 Å². The van der Waals surface area contributed by atoms with Crippen molar-refractivity contribution in [3.8, 4) is 5.75 Å². The van der Waals surface area contributed by atoms with Crippen LogP contribution in [0.5, 0.6) is 5.75 Å². The Kier molecular flexibility index (Phi) is 4.78. The van der Waals surface area contributed by atoms with Crippen LogP contribution in [-0.2, 0) is 0 Å². The Morgan fingerprint density at radius 1 is 1.38 bits per heavy atom. The molecule has 2 aliphatic rings. The molecule has 0 spiro atoms. The fraction of sp³-hybridized carbons (Fsp3) is 0.647.